The predicted molar refractivity (Wildman–Crippen MR) is 375 cm³/mol. The van der Waals surface area contributed by atoms with Gasteiger partial charge in [0.15, 0.2) is 0 Å². The Kier molecular flexibility index (Phi) is 63.3. The summed E-state index contributed by atoms with van der Waals surface area (Å²) in [5, 5.41) is 36.6. The van der Waals surface area contributed by atoms with Crippen molar-refractivity contribution in [2.24, 2.45) is 22.9 Å². The Labute approximate surface area is 596 Å². The number of likely N-dealkylation sites (N-methyl/N-ethyl adjacent to an activating group) is 4. The Morgan fingerprint density at radius 1 is 0.363 bits per heavy atom. The summed E-state index contributed by atoms with van der Waals surface area (Å²) < 4.78 is 18.2. The Morgan fingerprint density at radius 3 is 0.873 bits per heavy atom. The van der Waals surface area contributed by atoms with Crippen LogP contribution < -0.4 is 97.4 Å². The van der Waals surface area contributed by atoms with E-state index in [4.69, 9.17) is 22.9 Å². The number of nitrogens with two attached hydrogens (primary N) is 4. The molecule has 0 aromatic carbocycles. The van der Waals surface area contributed by atoms with E-state index in [1.807, 2.05) is 0 Å². The molecule has 0 unspecified atom stereocenters. The van der Waals surface area contributed by atoms with Gasteiger partial charge in [0.2, 0.25) is 70.9 Å². The molecule has 102 heavy (non-hydrogen) atoms. The summed E-state index contributed by atoms with van der Waals surface area (Å²) >= 11 is 0. The molecule has 40 heteroatoms. The van der Waals surface area contributed by atoms with Crippen LogP contribution in [-0.2, 0) is 76.5 Å². The van der Waals surface area contributed by atoms with E-state index in [0.717, 1.165) is 24.0 Å². The number of hydrogen-bond donors (Lipinski definition) is 18. The van der Waals surface area contributed by atoms with Crippen molar-refractivity contribution in [1.29, 1.82) is 0 Å². The minimum atomic E-state index is -0.963. The fourth-order valence-electron chi connectivity index (χ4n) is 8.18. The Morgan fingerprint density at radius 2 is 0.637 bits per heavy atom. The second kappa shape index (κ2) is 65.6. The number of methoxy groups -OCH3 is 4. The van der Waals surface area contributed by atoms with Crippen molar-refractivity contribution in [3.8, 4) is 0 Å². The fraction of sp³-hybridized carbons (Fsp3) is 0.677. The maximum absolute atomic E-state index is 13.0. The zero-order chi connectivity index (χ0) is 78.1. The highest BCUT2D eigenvalue weighted by atomic mass is 16.5. The molecule has 0 aliphatic heterocycles. The first-order valence-corrected chi connectivity index (χ1v) is 33.0. The maximum atomic E-state index is 13.0. The van der Waals surface area contributed by atoms with E-state index in [2.05, 4.69) is 107 Å². The van der Waals surface area contributed by atoms with Gasteiger partial charge in [-0.05, 0) is 118 Å². The lowest BCUT2D eigenvalue weighted by Gasteiger charge is -2.22. The van der Waals surface area contributed by atoms with E-state index in [9.17, 15) is 76.7 Å². The van der Waals surface area contributed by atoms with Crippen molar-refractivity contribution in [2.75, 3.05) is 148 Å². The molecule has 0 fully saturated rings. The average molecular weight is 1460 g/mol. The van der Waals surface area contributed by atoms with Crippen LogP contribution >= 0.6 is 0 Å². The minimum absolute atomic E-state index is 0.121. The topological polar surface area (TPSA) is 589 Å². The molecule has 0 aliphatic carbocycles. The number of nitrogens with one attached hydrogen (secondary N) is 14. The molecule has 0 rings (SSSR count). The molecule has 0 aromatic rings. The van der Waals surface area contributed by atoms with E-state index < -0.39 is 108 Å². The molecule has 0 saturated carbocycles. The Balaban J connectivity index is -0.000000808. The lowest BCUT2D eigenvalue weighted by molar-refractivity contribution is -0.139. The van der Waals surface area contributed by atoms with E-state index >= 15 is 0 Å². The number of nitrogens with zero attached hydrogens (tertiary/aromatic N) is 2. The molecular formula is C62H116N20O20. The van der Waals surface area contributed by atoms with Crippen LogP contribution in [0.3, 0.4) is 0 Å². The van der Waals surface area contributed by atoms with Crippen LogP contribution in [-0.4, -0.2) is 277 Å². The second-order valence-corrected chi connectivity index (χ2v) is 21.8. The number of alkyl carbamates (subject to hydrolysis) is 4. The number of unbranched alkanes of at least 4 members (excludes halogenated alkanes) is 4. The zero-order valence-corrected chi connectivity index (χ0v) is 60.5. The molecule has 16 amide bonds. The first-order chi connectivity index (χ1) is 48.5. The summed E-state index contributed by atoms with van der Waals surface area (Å²) in [6, 6.07) is -2.85. The third-order valence-corrected chi connectivity index (χ3v) is 13.6. The van der Waals surface area contributed by atoms with Gasteiger partial charge in [0.1, 0.15) is 38.3 Å². The number of ether oxygens (including phenoxy) is 4. The molecule has 40 nitrogen and oxygen atoms in total. The van der Waals surface area contributed by atoms with Gasteiger partial charge in [0.25, 0.3) is 0 Å². The van der Waals surface area contributed by atoms with Crippen LogP contribution in [0.2, 0.25) is 0 Å². The van der Waals surface area contributed by atoms with Crippen LogP contribution in [0.1, 0.15) is 103 Å². The van der Waals surface area contributed by atoms with E-state index in [1.54, 1.807) is 40.3 Å². The van der Waals surface area contributed by atoms with Gasteiger partial charge >= 0.3 is 24.4 Å². The van der Waals surface area contributed by atoms with Crippen LogP contribution in [0.4, 0.5) is 19.2 Å². The van der Waals surface area contributed by atoms with E-state index in [1.165, 1.54) is 14.2 Å². The predicted octanol–water partition coefficient (Wildman–Crippen LogP) is -5.37. The standard InChI is InChI=1S/2C28H50N8O9.2C3H8N2O/c2*1-5-6-14-31-22(37)18-36(19-23(38)32-15-9-7-11-20(30-2)25(29)40)24(39)13-17-33-26(41)21(35-28(43)45-4)12-8-10-16-34-27(42)44-3;2*1-5-2-3(4)6/h2*5,20-21,30H,1,6-19H2,2-4H3,(H2,29,40)(H,31,37)(H,32,38)(H,33,41)(H,34,42)(H,35,43);2*5H,2H2,1H3,(H2,4,6)/t2*20-,21-;;/m00../s1. The second-order valence-electron chi connectivity index (χ2n) is 21.8. The summed E-state index contributed by atoms with van der Waals surface area (Å²) in [6.45, 7) is 7.81. The van der Waals surface area contributed by atoms with Gasteiger partial charge in [-0.15, -0.1) is 13.2 Å². The molecule has 0 saturated heterocycles. The molecule has 4 atom stereocenters. The largest absolute Gasteiger partial charge is 0.453 e. The number of rotatable bonds is 52. The fourth-order valence-corrected chi connectivity index (χ4v) is 8.18. The lowest BCUT2D eigenvalue weighted by Crippen LogP contribution is -2.49. The number of carbonyl (C=O) groups excluding carboxylic acids is 16. The van der Waals surface area contributed by atoms with Crippen molar-refractivity contribution < 1.29 is 95.7 Å². The summed E-state index contributed by atoms with van der Waals surface area (Å²) in [6.07, 6.45) is 6.91. The zero-order valence-electron chi connectivity index (χ0n) is 60.5. The number of hydrogen-bond acceptors (Lipinski definition) is 24. The number of carbonyl (C=O) groups is 16. The molecule has 584 valence electrons. The first-order valence-electron chi connectivity index (χ1n) is 33.0. The minimum Gasteiger partial charge on any atom is -0.453 e. The first kappa shape index (κ1) is 98.4. The van der Waals surface area contributed by atoms with Gasteiger partial charge in [-0.1, -0.05) is 12.2 Å². The monoisotopic (exact) mass is 1460 g/mol. The van der Waals surface area contributed by atoms with Gasteiger partial charge in [0.05, 0.1) is 53.6 Å². The highest BCUT2D eigenvalue weighted by Crippen LogP contribution is 2.06. The summed E-state index contributed by atoms with van der Waals surface area (Å²) in [4.78, 5) is 192. The average Bonchev–Trinajstić information content (AvgIpc) is 0.927. The van der Waals surface area contributed by atoms with Gasteiger partial charge in [-0.3, -0.25) is 57.5 Å². The Hall–Kier alpha value is -9.96. The SMILES string of the molecule is C=CCCNC(=O)CN(CC(=O)NCCCC[C@H](NC)C(N)=O)C(=O)CCNC(=O)[C@H](CCCCNC(=O)OC)NC(=O)OC.C=CCCNC(=O)CN(CC(=O)NCCCC[C@H](NC)C(N)=O)C(=O)CCNC(=O)[C@H](CCCCNC(=O)OC)NC(=O)OC.CNCC(N)=O.CNCC(N)=O. The van der Waals surface area contributed by atoms with Crippen LogP contribution in [0.5, 0.6) is 0 Å². The summed E-state index contributed by atoms with van der Waals surface area (Å²) in [7, 11) is 11.4. The number of amides is 16. The van der Waals surface area contributed by atoms with E-state index in [-0.39, 0.29) is 89.9 Å². The van der Waals surface area contributed by atoms with E-state index in [0.29, 0.717) is 116 Å². The van der Waals surface area contributed by atoms with Gasteiger partial charge in [-0.2, -0.15) is 0 Å². The van der Waals surface area contributed by atoms with Crippen LogP contribution in [0.25, 0.3) is 0 Å². The highest BCUT2D eigenvalue weighted by Gasteiger charge is 2.26. The third-order valence-electron chi connectivity index (χ3n) is 13.6. The smallest absolute Gasteiger partial charge is 0.407 e. The lowest BCUT2D eigenvalue weighted by atomic mass is 10.1. The maximum Gasteiger partial charge on any atom is 0.407 e. The molecule has 22 N–H and O–H groups in total. The van der Waals surface area contributed by atoms with Gasteiger partial charge in [-0.25, -0.2) is 19.2 Å². The normalized spacial score (nSPS) is 11.2. The number of primary amides is 4. The van der Waals surface area contributed by atoms with Gasteiger partial charge in [0, 0.05) is 65.2 Å². The third kappa shape index (κ3) is 59.0. The molecule has 0 radical (unpaired) electrons. The molecular weight excluding hydrogens is 1340 g/mol. The molecule has 0 heterocycles. The van der Waals surface area contributed by atoms with Crippen molar-refractivity contribution in [3.05, 3.63) is 25.3 Å². The molecule has 0 aliphatic rings. The summed E-state index contributed by atoms with van der Waals surface area (Å²) in [5.74, 6) is -5.65. The van der Waals surface area contributed by atoms with Gasteiger partial charge < -0.3 is 126 Å². The van der Waals surface area contributed by atoms with Crippen molar-refractivity contribution in [1.82, 2.24) is 84.2 Å². The molecule has 0 spiro atoms. The van der Waals surface area contributed by atoms with Crippen molar-refractivity contribution in [3.63, 3.8) is 0 Å². The van der Waals surface area contributed by atoms with Crippen LogP contribution in [0, 0.1) is 0 Å². The summed E-state index contributed by atoms with van der Waals surface area (Å²) in [5.41, 5.74) is 20.0. The molecule has 0 aromatic heterocycles. The quantitative estimate of drug-likeness (QED) is 0.0154. The Bertz CT molecular complexity index is 2390. The molecule has 0 bridgehead atoms. The van der Waals surface area contributed by atoms with Crippen LogP contribution in [0.15, 0.2) is 25.3 Å². The van der Waals surface area contributed by atoms with Crippen molar-refractivity contribution in [2.45, 2.75) is 127 Å². The highest BCUT2D eigenvalue weighted by molar-refractivity contribution is 5.91. The van der Waals surface area contributed by atoms with Crippen molar-refractivity contribution >= 4 is 95.3 Å².